The van der Waals surface area contributed by atoms with E-state index < -0.39 is 0 Å². The first-order valence-electron chi connectivity index (χ1n) is 6.88. The molecule has 2 aromatic heterocycles. The van der Waals surface area contributed by atoms with Crippen LogP contribution in [0.25, 0.3) is 10.9 Å². The van der Waals surface area contributed by atoms with Crippen molar-refractivity contribution in [2.24, 2.45) is 0 Å². The van der Waals surface area contributed by atoms with Crippen LogP contribution in [0.3, 0.4) is 0 Å². The molecule has 2 heterocycles. The van der Waals surface area contributed by atoms with Gasteiger partial charge in [-0.3, -0.25) is 4.98 Å². The molecule has 21 heavy (non-hydrogen) atoms. The Hall–Kier alpha value is -2.69. The summed E-state index contributed by atoms with van der Waals surface area (Å²) in [6, 6.07) is 9.91. The van der Waals surface area contributed by atoms with Crippen molar-refractivity contribution in [1.82, 2.24) is 15.0 Å². The van der Waals surface area contributed by atoms with Crippen LogP contribution < -0.4 is 11.1 Å². The zero-order valence-electron chi connectivity index (χ0n) is 12.0. The maximum atomic E-state index is 5.99. The molecular formula is C16H17N5. The largest absolute Gasteiger partial charge is 0.383 e. The minimum Gasteiger partial charge on any atom is -0.383 e. The minimum atomic E-state index is 0.238. The van der Waals surface area contributed by atoms with Gasteiger partial charge in [0.2, 0.25) is 0 Å². The molecule has 0 bridgehead atoms. The van der Waals surface area contributed by atoms with Crippen LogP contribution >= 0.6 is 0 Å². The Labute approximate surface area is 123 Å². The lowest BCUT2D eigenvalue weighted by atomic mass is 10.0. The molecule has 5 heteroatoms. The number of hydrogen-bond donors (Lipinski definition) is 2. The van der Waals surface area contributed by atoms with Gasteiger partial charge in [-0.25, -0.2) is 9.97 Å². The van der Waals surface area contributed by atoms with Gasteiger partial charge in [-0.05, 0) is 30.2 Å². The second-order valence-corrected chi connectivity index (χ2v) is 5.18. The molecule has 0 radical (unpaired) electrons. The summed E-state index contributed by atoms with van der Waals surface area (Å²) in [5.41, 5.74) is 8.81. The van der Waals surface area contributed by atoms with Gasteiger partial charge in [0.25, 0.3) is 0 Å². The zero-order valence-corrected chi connectivity index (χ0v) is 12.0. The number of rotatable bonds is 3. The summed E-state index contributed by atoms with van der Waals surface area (Å²) in [7, 11) is 0. The van der Waals surface area contributed by atoms with Gasteiger partial charge in [0.1, 0.15) is 18.0 Å². The second-order valence-electron chi connectivity index (χ2n) is 5.18. The topological polar surface area (TPSA) is 76.7 Å². The average molecular weight is 279 g/mol. The third-order valence-electron chi connectivity index (χ3n) is 3.39. The number of nitrogen functional groups attached to an aromatic ring is 1. The smallest absolute Gasteiger partial charge is 0.139 e. The summed E-state index contributed by atoms with van der Waals surface area (Å²) >= 11 is 0. The van der Waals surface area contributed by atoms with Gasteiger partial charge in [0.05, 0.1) is 5.52 Å². The van der Waals surface area contributed by atoms with E-state index in [0.29, 0.717) is 5.82 Å². The fraction of sp³-hybridized carbons (Fsp3) is 0.188. The van der Waals surface area contributed by atoms with E-state index in [4.69, 9.17) is 5.73 Å². The van der Waals surface area contributed by atoms with Crippen LogP contribution in [-0.2, 0) is 0 Å². The van der Waals surface area contributed by atoms with Crippen LogP contribution in [0.4, 0.5) is 17.3 Å². The minimum absolute atomic E-state index is 0.238. The molecule has 0 spiro atoms. The molecule has 0 saturated carbocycles. The first-order valence-corrected chi connectivity index (χ1v) is 6.88. The van der Waals surface area contributed by atoms with Gasteiger partial charge in [-0.15, -0.1) is 0 Å². The van der Waals surface area contributed by atoms with Crippen molar-refractivity contribution in [1.29, 1.82) is 0 Å². The zero-order chi connectivity index (χ0) is 14.8. The fourth-order valence-electron chi connectivity index (χ4n) is 2.42. The highest BCUT2D eigenvalue weighted by atomic mass is 15.0. The number of benzene rings is 1. The van der Waals surface area contributed by atoms with Crippen molar-refractivity contribution in [2.45, 2.75) is 19.8 Å². The first kappa shape index (κ1) is 13.3. The van der Waals surface area contributed by atoms with E-state index in [2.05, 4.69) is 34.1 Å². The van der Waals surface area contributed by atoms with Crippen LogP contribution in [0, 0.1) is 0 Å². The molecule has 0 unspecified atom stereocenters. The van der Waals surface area contributed by atoms with E-state index in [9.17, 15) is 0 Å². The molecule has 0 aliphatic rings. The Morgan fingerprint density at radius 2 is 1.90 bits per heavy atom. The quantitative estimate of drug-likeness (QED) is 0.767. The van der Waals surface area contributed by atoms with Crippen molar-refractivity contribution >= 4 is 28.2 Å². The Morgan fingerprint density at radius 3 is 2.71 bits per heavy atom. The van der Waals surface area contributed by atoms with E-state index in [-0.39, 0.29) is 5.92 Å². The van der Waals surface area contributed by atoms with E-state index >= 15 is 0 Å². The molecule has 3 rings (SSSR count). The van der Waals surface area contributed by atoms with Crippen molar-refractivity contribution in [3.63, 3.8) is 0 Å². The molecule has 0 aliphatic carbocycles. The van der Waals surface area contributed by atoms with Crippen molar-refractivity contribution in [3.05, 3.63) is 48.4 Å². The average Bonchev–Trinajstić information content (AvgIpc) is 2.47. The summed E-state index contributed by atoms with van der Waals surface area (Å²) in [5.74, 6) is 1.50. The highest BCUT2D eigenvalue weighted by molar-refractivity contribution is 5.93. The van der Waals surface area contributed by atoms with Gasteiger partial charge < -0.3 is 11.1 Å². The number of nitrogens with zero attached hydrogens (tertiary/aromatic N) is 3. The summed E-state index contributed by atoms with van der Waals surface area (Å²) in [4.78, 5) is 12.8. The van der Waals surface area contributed by atoms with E-state index in [0.717, 1.165) is 28.0 Å². The van der Waals surface area contributed by atoms with Gasteiger partial charge in [-0.1, -0.05) is 19.9 Å². The second kappa shape index (κ2) is 5.36. The normalized spacial score (nSPS) is 11.0. The third kappa shape index (κ3) is 2.50. The van der Waals surface area contributed by atoms with E-state index in [1.165, 1.54) is 6.33 Å². The molecule has 0 atom stereocenters. The standard InChI is InChI=1S/C16H17N5/c1-10(2)14-15(17)19-9-20-16(14)21-13-7-3-6-12-11(13)5-4-8-18-12/h3-10H,1-2H3,(H3,17,19,20,21). The van der Waals surface area contributed by atoms with E-state index in [1.807, 2.05) is 30.3 Å². The van der Waals surface area contributed by atoms with Crippen molar-refractivity contribution in [3.8, 4) is 0 Å². The van der Waals surface area contributed by atoms with Crippen LogP contribution in [0.1, 0.15) is 25.3 Å². The predicted octanol–water partition coefficient (Wildman–Crippen LogP) is 3.47. The number of fused-ring (bicyclic) bond motifs is 1. The van der Waals surface area contributed by atoms with Crippen LogP contribution in [0.15, 0.2) is 42.9 Å². The first-order chi connectivity index (χ1) is 10.2. The molecule has 3 N–H and O–H groups in total. The van der Waals surface area contributed by atoms with Crippen LogP contribution in [-0.4, -0.2) is 15.0 Å². The SMILES string of the molecule is CC(C)c1c(N)ncnc1Nc1cccc2ncccc12. The highest BCUT2D eigenvalue weighted by Gasteiger charge is 2.13. The summed E-state index contributed by atoms with van der Waals surface area (Å²) in [6.45, 7) is 4.15. The molecule has 0 fully saturated rings. The van der Waals surface area contributed by atoms with E-state index in [1.54, 1.807) is 6.20 Å². The summed E-state index contributed by atoms with van der Waals surface area (Å²) in [6.07, 6.45) is 3.27. The lowest BCUT2D eigenvalue weighted by Crippen LogP contribution is -2.06. The maximum absolute atomic E-state index is 5.99. The van der Waals surface area contributed by atoms with Crippen LogP contribution in [0.2, 0.25) is 0 Å². The number of anilines is 3. The molecule has 0 amide bonds. The molecule has 3 aromatic rings. The number of pyridine rings is 1. The Balaban J connectivity index is 2.09. The molecular weight excluding hydrogens is 262 g/mol. The Bertz CT molecular complexity index is 777. The number of nitrogens with two attached hydrogens (primary N) is 1. The predicted molar refractivity (Wildman–Crippen MR) is 85.6 cm³/mol. The van der Waals surface area contributed by atoms with Gasteiger partial charge in [-0.2, -0.15) is 0 Å². The Kier molecular flexibility index (Phi) is 3.39. The van der Waals surface area contributed by atoms with Gasteiger partial charge >= 0.3 is 0 Å². The van der Waals surface area contributed by atoms with Crippen molar-refractivity contribution in [2.75, 3.05) is 11.1 Å². The number of aromatic nitrogens is 3. The van der Waals surface area contributed by atoms with Gasteiger partial charge in [0.15, 0.2) is 0 Å². The fourth-order valence-corrected chi connectivity index (χ4v) is 2.42. The lowest BCUT2D eigenvalue weighted by Gasteiger charge is -2.15. The molecule has 5 nitrogen and oxygen atoms in total. The molecule has 106 valence electrons. The molecule has 1 aromatic carbocycles. The number of hydrogen-bond acceptors (Lipinski definition) is 5. The maximum Gasteiger partial charge on any atom is 0.139 e. The van der Waals surface area contributed by atoms with Crippen LogP contribution in [0.5, 0.6) is 0 Å². The Morgan fingerprint density at radius 1 is 1.05 bits per heavy atom. The van der Waals surface area contributed by atoms with Crippen molar-refractivity contribution < 1.29 is 0 Å². The lowest BCUT2D eigenvalue weighted by molar-refractivity contribution is 0.855. The molecule has 0 aliphatic heterocycles. The number of nitrogens with one attached hydrogen (secondary N) is 1. The summed E-state index contributed by atoms with van der Waals surface area (Å²) < 4.78 is 0. The monoisotopic (exact) mass is 279 g/mol. The van der Waals surface area contributed by atoms with Gasteiger partial charge in [0, 0.05) is 22.8 Å². The third-order valence-corrected chi connectivity index (χ3v) is 3.39. The highest BCUT2D eigenvalue weighted by Crippen LogP contribution is 2.31. The molecule has 0 saturated heterocycles. The summed E-state index contributed by atoms with van der Waals surface area (Å²) in [5, 5.41) is 4.41.